The van der Waals surface area contributed by atoms with E-state index in [-0.39, 0.29) is 18.3 Å². The highest BCUT2D eigenvalue weighted by molar-refractivity contribution is 5.72. The fraction of sp³-hybridized carbons (Fsp3) is 0.250. The Balaban J connectivity index is 1.01. The molecule has 1 aromatic heterocycles. The summed E-state index contributed by atoms with van der Waals surface area (Å²) in [7, 11) is 0. The number of hydrogen-bond acceptors (Lipinski definition) is 3. The van der Waals surface area contributed by atoms with Crippen LogP contribution in [0.4, 0.5) is 0 Å². The summed E-state index contributed by atoms with van der Waals surface area (Å²) in [6.45, 7) is 20.7. The molecule has 0 radical (unpaired) electrons. The van der Waals surface area contributed by atoms with Gasteiger partial charge < -0.3 is 14.2 Å². The van der Waals surface area contributed by atoms with Gasteiger partial charge in [0.05, 0.1) is 51.6 Å². The summed E-state index contributed by atoms with van der Waals surface area (Å²) in [5, 5.41) is 1.07. The highest BCUT2D eigenvalue weighted by atomic mass is 16.5. The number of aryl methyl sites for hydroxylation is 2. The van der Waals surface area contributed by atoms with Crippen LogP contribution in [0.2, 0.25) is 0 Å². The monoisotopic (exact) mass is 717 g/mol. The lowest BCUT2D eigenvalue weighted by Crippen LogP contribution is -2.39. The maximum Gasteiger partial charge on any atom is 0.170 e. The molecule has 6 nitrogen and oxygen atoms in total. The third kappa shape index (κ3) is 8.69. The van der Waals surface area contributed by atoms with Crippen molar-refractivity contribution in [2.24, 2.45) is 0 Å². The molecule has 3 heterocycles. The fourth-order valence-electron chi connectivity index (χ4n) is 7.57. The average Bonchev–Trinajstić information content (AvgIpc) is 3.17. The second-order valence-corrected chi connectivity index (χ2v) is 14.6. The number of benzene rings is 2. The van der Waals surface area contributed by atoms with Crippen LogP contribution in [0, 0.1) is 38.6 Å². The zero-order valence-corrected chi connectivity index (χ0v) is 31.8. The Morgan fingerprint density at radius 1 is 0.630 bits per heavy atom. The first-order valence-corrected chi connectivity index (χ1v) is 18.8. The molecule has 2 aliphatic heterocycles. The maximum atomic E-state index is 6.62. The summed E-state index contributed by atoms with van der Waals surface area (Å²) in [5.41, 5.74) is 9.19. The summed E-state index contributed by atoms with van der Waals surface area (Å²) in [6.07, 6.45) is 25.4. The van der Waals surface area contributed by atoms with Gasteiger partial charge in [0.25, 0.3) is 0 Å². The lowest BCUT2D eigenvalue weighted by atomic mass is 9.91. The fourth-order valence-corrected chi connectivity index (χ4v) is 7.57. The number of allylic oxidation sites excluding steroid dienone is 4. The minimum Gasteiger partial charge on any atom is -0.374 e. The molecule has 1 unspecified atom stereocenters. The maximum absolute atomic E-state index is 6.62. The van der Waals surface area contributed by atoms with Gasteiger partial charge in [-0.05, 0) is 59.8 Å². The molecule has 0 bridgehead atoms. The van der Waals surface area contributed by atoms with Crippen molar-refractivity contribution >= 4 is 19.0 Å². The van der Waals surface area contributed by atoms with Gasteiger partial charge in [0, 0.05) is 5.56 Å². The van der Waals surface area contributed by atoms with E-state index in [1.807, 2.05) is 13.4 Å². The minimum atomic E-state index is -0.0227. The Morgan fingerprint density at radius 3 is 1.63 bits per heavy atom. The first-order valence-electron chi connectivity index (χ1n) is 18.8. The van der Waals surface area contributed by atoms with E-state index in [0.29, 0.717) is 19.8 Å². The van der Waals surface area contributed by atoms with Crippen molar-refractivity contribution in [2.45, 2.75) is 65.0 Å². The average molecular weight is 718 g/mol. The van der Waals surface area contributed by atoms with Gasteiger partial charge >= 0.3 is 0 Å². The van der Waals surface area contributed by atoms with Crippen molar-refractivity contribution in [3.8, 4) is 0 Å². The highest BCUT2D eigenvalue weighted by Gasteiger charge is 2.32. The predicted octanol–water partition coefficient (Wildman–Crippen LogP) is 7.44. The third-order valence-electron chi connectivity index (χ3n) is 10.6. The molecule has 1 saturated carbocycles. The summed E-state index contributed by atoms with van der Waals surface area (Å²) < 4.78 is 25.7. The van der Waals surface area contributed by atoms with Crippen LogP contribution in [0.5, 0.6) is 0 Å². The van der Waals surface area contributed by atoms with Gasteiger partial charge in [0.1, 0.15) is 36.6 Å². The van der Waals surface area contributed by atoms with E-state index in [0.717, 1.165) is 53.4 Å². The first-order chi connectivity index (χ1) is 26.2. The number of ether oxygens (including phenoxy) is 3. The second kappa shape index (κ2) is 16.7. The quantitative estimate of drug-likeness (QED) is 0.153. The molecule has 0 spiro atoms. The van der Waals surface area contributed by atoms with Gasteiger partial charge in [-0.1, -0.05) is 92.1 Å². The molecular weight excluding hydrogens is 667 g/mol. The van der Waals surface area contributed by atoms with Gasteiger partial charge in [-0.15, -0.1) is 42.4 Å². The Bertz CT molecular complexity index is 2100. The molecule has 0 N–H and O–H groups in total. The van der Waals surface area contributed by atoms with E-state index in [2.05, 4.69) is 169 Å². The molecule has 7 rings (SSSR count). The van der Waals surface area contributed by atoms with Crippen LogP contribution in [-0.4, -0.2) is 54.1 Å². The molecule has 3 aromatic rings. The van der Waals surface area contributed by atoms with Crippen molar-refractivity contribution < 1.29 is 27.6 Å². The minimum absolute atomic E-state index is 0.0227. The number of hydrogen-bond donors (Lipinski definition) is 0. The topological polar surface area (TPSA) is 39.6 Å². The van der Waals surface area contributed by atoms with Crippen LogP contribution < -0.4 is 9.59 Å². The Morgan fingerprint density at radius 2 is 1.15 bits per heavy atom. The number of rotatable bonds is 11. The zero-order chi connectivity index (χ0) is 37.6. The van der Waals surface area contributed by atoms with Crippen LogP contribution in [-0.2, 0) is 20.8 Å². The van der Waals surface area contributed by atoms with Gasteiger partial charge in [-0.3, -0.25) is 9.15 Å². The molecule has 276 valence electrons. The summed E-state index contributed by atoms with van der Waals surface area (Å²) in [6, 6.07) is 23.2. The standard InChI is InChI=1S/C48H51N3O3/c1-34-13-7-10-16-43(34)46-22-19-37(28-49(46)4)31-52-40-25-41(53-32-38-20-23-47(50(5)29-38)44-17-11-8-14-35(44)2)27-42(26-40)54-33-39-21-24-48(51(6)30-39)45-18-12-9-15-36(45)3/h7-24,28-30,40-42H,4-6,25-27,31-33H2,1-3H3/b46-43-/t40?,41-,42+. The highest BCUT2D eigenvalue weighted by Crippen LogP contribution is 2.31. The Kier molecular flexibility index (Phi) is 11.4. The lowest BCUT2D eigenvalue weighted by Gasteiger charge is -2.35. The van der Waals surface area contributed by atoms with E-state index < -0.39 is 0 Å². The van der Waals surface area contributed by atoms with E-state index in [1.165, 1.54) is 33.7 Å². The molecule has 1 fully saturated rings. The van der Waals surface area contributed by atoms with Crippen LogP contribution in [0.1, 0.15) is 54.0 Å². The van der Waals surface area contributed by atoms with Crippen molar-refractivity contribution in [2.75, 3.05) is 13.2 Å². The normalized spacial score (nSPS) is 22.2. The zero-order valence-electron chi connectivity index (χ0n) is 31.8. The Hall–Kier alpha value is -5.40. The molecular formula is C48H51N3O3. The van der Waals surface area contributed by atoms with Crippen LogP contribution in [0.15, 0.2) is 139 Å². The van der Waals surface area contributed by atoms with Crippen molar-refractivity contribution in [1.29, 1.82) is 0 Å². The number of nitrogens with zero attached hydrogens (tertiary/aromatic N) is 3. The smallest absolute Gasteiger partial charge is 0.170 e. The second-order valence-electron chi connectivity index (χ2n) is 14.6. The molecule has 0 amide bonds. The third-order valence-corrected chi connectivity index (χ3v) is 10.6. The molecule has 0 saturated heterocycles. The summed E-state index contributed by atoms with van der Waals surface area (Å²) >= 11 is 0. The molecule has 54 heavy (non-hydrogen) atoms. The van der Waals surface area contributed by atoms with E-state index in [9.17, 15) is 0 Å². The van der Waals surface area contributed by atoms with Crippen molar-refractivity contribution in [3.63, 3.8) is 0 Å². The largest absolute Gasteiger partial charge is 0.374 e. The molecule has 2 aromatic carbocycles. The van der Waals surface area contributed by atoms with Crippen LogP contribution in [0.25, 0.3) is 5.57 Å². The van der Waals surface area contributed by atoms with Crippen molar-refractivity contribution in [1.82, 2.24) is 0 Å². The van der Waals surface area contributed by atoms with Gasteiger partial charge in [-0.25, -0.2) is 4.24 Å². The van der Waals surface area contributed by atoms with Crippen LogP contribution >= 0.6 is 0 Å². The van der Waals surface area contributed by atoms with Gasteiger partial charge in [-0.2, -0.15) is 0 Å². The summed E-state index contributed by atoms with van der Waals surface area (Å²) in [5.74, 6) is 1.22. The van der Waals surface area contributed by atoms with E-state index >= 15 is 0 Å². The van der Waals surface area contributed by atoms with Gasteiger partial charge in [0.15, 0.2) is 6.20 Å². The van der Waals surface area contributed by atoms with Crippen molar-refractivity contribution in [3.05, 3.63) is 197 Å². The predicted molar refractivity (Wildman–Crippen MR) is 216 cm³/mol. The number of aromatic nitrogens is 1. The number of pyridine rings is 1. The Labute approximate surface area is 320 Å². The lowest BCUT2D eigenvalue weighted by molar-refractivity contribution is -0.514. The van der Waals surface area contributed by atoms with E-state index in [1.54, 1.807) is 0 Å². The van der Waals surface area contributed by atoms with E-state index in [4.69, 9.17) is 14.2 Å². The summed E-state index contributed by atoms with van der Waals surface area (Å²) in [4.78, 5) is 0. The molecule has 3 atom stereocenters. The molecule has 2 aliphatic carbocycles. The van der Waals surface area contributed by atoms with Gasteiger partial charge in [0.2, 0.25) is 0 Å². The SMILES string of the molecule is C=[N+]1C=C(CO[C@@H]2CC(OCc3cc/c(=C4\C=CC=C[C-]4C)[n+](=C)c3)C[C@H](OCC3=C[N+](=C)[C-](c4ccccc4C)C=C3)C2)C=C[C-]1c1ccccc1C. The van der Waals surface area contributed by atoms with Crippen LogP contribution in [0.3, 0.4) is 0 Å². The first kappa shape index (κ1) is 36.9. The molecule has 4 aliphatic rings. The molecule has 6 heteroatoms.